The normalized spacial score (nSPS) is 16.6. The monoisotopic (exact) mass is 398 g/mol. The Labute approximate surface area is 168 Å². The fourth-order valence-electron chi connectivity index (χ4n) is 3.84. The third-order valence-corrected chi connectivity index (χ3v) is 5.68. The number of carbonyl (C=O) groups excluding carboxylic acids is 2. The molecule has 7 heteroatoms. The lowest BCUT2D eigenvalue weighted by atomic mass is 9.96. The summed E-state index contributed by atoms with van der Waals surface area (Å²) >= 11 is 0. The average Bonchev–Trinajstić information content (AvgIpc) is 3.54. The molecule has 2 aliphatic rings. The van der Waals surface area contributed by atoms with E-state index in [1.165, 1.54) is 18.2 Å². The van der Waals surface area contributed by atoms with Gasteiger partial charge in [0.15, 0.2) is 11.5 Å². The van der Waals surface area contributed by atoms with Crippen molar-refractivity contribution in [3.63, 3.8) is 0 Å². The number of benzene rings is 2. The van der Waals surface area contributed by atoms with Crippen molar-refractivity contribution in [1.29, 1.82) is 0 Å². The van der Waals surface area contributed by atoms with Gasteiger partial charge in [-0.3, -0.25) is 9.59 Å². The number of methoxy groups -OCH3 is 2. The Balaban J connectivity index is 1.51. The second-order valence-electron chi connectivity index (χ2n) is 7.50. The highest BCUT2D eigenvalue weighted by Gasteiger charge is 2.58. The fraction of sp³-hybridized carbons (Fsp3) is 0.364. The van der Waals surface area contributed by atoms with Crippen LogP contribution in [-0.4, -0.2) is 37.5 Å². The molecule has 0 unspecified atom stereocenters. The summed E-state index contributed by atoms with van der Waals surface area (Å²) in [6.07, 6.45) is 1.69. The van der Waals surface area contributed by atoms with Crippen LogP contribution < -0.4 is 14.8 Å². The van der Waals surface area contributed by atoms with Crippen LogP contribution in [0.2, 0.25) is 0 Å². The van der Waals surface area contributed by atoms with E-state index in [9.17, 15) is 14.0 Å². The summed E-state index contributed by atoms with van der Waals surface area (Å²) < 4.78 is 24.1. The number of carbonyl (C=O) groups is 2. The average molecular weight is 398 g/mol. The topological polar surface area (TPSA) is 67.9 Å². The number of hydrogen-bond acceptors (Lipinski definition) is 4. The minimum atomic E-state index is -1.06. The number of halogens is 1. The largest absolute Gasteiger partial charge is 0.493 e. The summed E-state index contributed by atoms with van der Waals surface area (Å²) in [5, 5.41) is 2.70. The van der Waals surface area contributed by atoms with Crippen molar-refractivity contribution in [1.82, 2.24) is 4.90 Å². The Morgan fingerprint density at radius 1 is 1.07 bits per heavy atom. The molecule has 0 bridgehead atoms. The smallest absolute Gasteiger partial charge is 0.240 e. The van der Waals surface area contributed by atoms with Crippen LogP contribution >= 0.6 is 0 Å². The minimum absolute atomic E-state index is 0.174. The molecule has 0 atom stereocenters. The molecule has 2 amide bonds. The van der Waals surface area contributed by atoms with Crippen molar-refractivity contribution >= 4 is 17.5 Å². The van der Waals surface area contributed by atoms with Gasteiger partial charge in [0.25, 0.3) is 0 Å². The standard InChI is InChI=1S/C22H23FN2O4/c1-28-18-10-14-6-9-25(13-15(14)11-19(18)29-2)21(27)22(7-8-22)20(26)24-17-5-3-4-16(23)12-17/h3-5,10-12H,6-9,13H2,1-2H3,(H,24,26). The molecule has 0 saturated heterocycles. The van der Waals surface area contributed by atoms with Crippen molar-refractivity contribution in [3.05, 3.63) is 53.3 Å². The first-order valence-corrected chi connectivity index (χ1v) is 9.57. The van der Waals surface area contributed by atoms with Gasteiger partial charge in [0, 0.05) is 18.8 Å². The van der Waals surface area contributed by atoms with Gasteiger partial charge in [-0.15, -0.1) is 0 Å². The van der Waals surface area contributed by atoms with Gasteiger partial charge in [-0.2, -0.15) is 0 Å². The SMILES string of the molecule is COc1cc2c(cc1OC)CN(C(=O)C1(C(=O)Nc3cccc(F)c3)CC1)CC2. The van der Waals surface area contributed by atoms with E-state index in [1.807, 2.05) is 12.1 Å². The van der Waals surface area contributed by atoms with E-state index in [0.717, 1.165) is 11.1 Å². The van der Waals surface area contributed by atoms with Crippen LogP contribution in [-0.2, 0) is 22.6 Å². The molecule has 1 aliphatic carbocycles. The number of fused-ring (bicyclic) bond motifs is 1. The van der Waals surface area contributed by atoms with Crippen LogP contribution in [0, 0.1) is 11.2 Å². The maximum Gasteiger partial charge on any atom is 0.240 e. The molecule has 29 heavy (non-hydrogen) atoms. The van der Waals surface area contributed by atoms with Gasteiger partial charge in [-0.05, 0) is 60.7 Å². The van der Waals surface area contributed by atoms with Gasteiger partial charge < -0.3 is 19.7 Å². The molecule has 0 radical (unpaired) electrons. The minimum Gasteiger partial charge on any atom is -0.493 e. The molecule has 0 aromatic heterocycles. The molecule has 152 valence electrons. The highest BCUT2D eigenvalue weighted by atomic mass is 19.1. The van der Waals surface area contributed by atoms with E-state index < -0.39 is 11.2 Å². The number of amides is 2. The van der Waals surface area contributed by atoms with Gasteiger partial charge in [-0.1, -0.05) is 6.07 Å². The number of rotatable bonds is 5. The Morgan fingerprint density at radius 2 is 1.76 bits per heavy atom. The van der Waals surface area contributed by atoms with Gasteiger partial charge >= 0.3 is 0 Å². The second-order valence-corrected chi connectivity index (χ2v) is 7.50. The van der Waals surface area contributed by atoms with E-state index >= 15 is 0 Å². The Bertz CT molecular complexity index is 971. The summed E-state index contributed by atoms with van der Waals surface area (Å²) in [6, 6.07) is 9.52. The maximum absolute atomic E-state index is 13.4. The van der Waals surface area contributed by atoms with Crippen molar-refractivity contribution in [2.45, 2.75) is 25.8 Å². The summed E-state index contributed by atoms with van der Waals surface area (Å²) in [6.45, 7) is 0.958. The molecule has 6 nitrogen and oxygen atoms in total. The third kappa shape index (κ3) is 3.52. The van der Waals surface area contributed by atoms with Gasteiger partial charge in [0.2, 0.25) is 11.8 Å². The molecule has 1 fully saturated rings. The molecular weight excluding hydrogens is 375 g/mol. The van der Waals surface area contributed by atoms with E-state index in [4.69, 9.17) is 9.47 Å². The number of nitrogens with one attached hydrogen (secondary N) is 1. The fourth-order valence-corrected chi connectivity index (χ4v) is 3.84. The first kappa shape index (κ1) is 19.2. The van der Waals surface area contributed by atoms with Gasteiger partial charge in [0.1, 0.15) is 11.2 Å². The first-order chi connectivity index (χ1) is 14.0. The lowest BCUT2D eigenvalue weighted by Gasteiger charge is -2.32. The van der Waals surface area contributed by atoms with Crippen LogP contribution in [0.3, 0.4) is 0 Å². The number of ether oxygens (including phenoxy) is 2. The molecule has 1 heterocycles. The van der Waals surface area contributed by atoms with E-state index in [0.29, 0.717) is 49.5 Å². The van der Waals surface area contributed by atoms with Crippen molar-refractivity contribution in [2.24, 2.45) is 5.41 Å². The second kappa shape index (κ2) is 7.39. The highest BCUT2D eigenvalue weighted by Crippen LogP contribution is 2.49. The van der Waals surface area contributed by atoms with Crippen LogP contribution in [0.25, 0.3) is 0 Å². The molecule has 2 aromatic rings. The first-order valence-electron chi connectivity index (χ1n) is 9.57. The van der Waals surface area contributed by atoms with Gasteiger partial charge in [0.05, 0.1) is 14.2 Å². The maximum atomic E-state index is 13.4. The lowest BCUT2D eigenvalue weighted by Crippen LogP contribution is -2.45. The summed E-state index contributed by atoms with van der Waals surface area (Å²) in [5.74, 6) is 0.304. The van der Waals surface area contributed by atoms with Crippen LogP contribution in [0.1, 0.15) is 24.0 Å². The molecule has 1 N–H and O–H groups in total. The van der Waals surface area contributed by atoms with Gasteiger partial charge in [-0.25, -0.2) is 4.39 Å². The van der Waals surface area contributed by atoms with Crippen molar-refractivity contribution in [3.8, 4) is 11.5 Å². The zero-order valence-corrected chi connectivity index (χ0v) is 16.5. The van der Waals surface area contributed by atoms with Crippen LogP contribution in [0.5, 0.6) is 11.5 Å². The number of anilines is 1. The summed E-state index contributed by atoms with van der Waals surface area (Å²) in [7, 11) is 3.17. The molecule has 0 spiro atoms. The van der Waals surface area contributed by atoms with E-state index in [1.54, 1.807) is 25.2 Å². The van der Waals surface area contributed by atoms with E-state index in [-0.39, 0.29) is 11.8 Å². The predicted molar refractivity (Wildman–Crippen MR) is 105 cm³/mol. The molecular formula is C22H23FN2O4. The van der Waals surface area contributed by atoms with E-state index in [2.05, 4.69) is 5.32 Å². The quantitative estimate of drug-likeness (QED) is 0.786. The summed E-state index contributed by atoms with van der Waals surface area (Å²) in [4.78, 5) is 27.7. The lowest BCUT2D eigenvalue weighted by molar-refractivity contribution is -0.143. The summed E-state index contributed by atoms with van der Waals surface area (Å²) in [5.41, 5.74) is 1.40. The highest BCUT2D eigenvalue weighted by molar-refractivity contribution is 6.13. The number of nitrogens with zero attached hydrogens (tertiary/aromatic N) is 1. The predicted octanol–water partition coefficient (Wildman–Crippen LogP) is 3.15. The third-order valence-electron chi connectivity index (χ3n) is 5.68. The van der Waals surface area contributed by atoms with Crippen LogP contribution in [0.15, 0.2) is 36.4 Å². The van der Waals surface area contributed by atoms with Crippen molar-refractivity contribution in [2.75, 3.05) is 26.1 Å². The molecule has 1 aliphatic heterocycles. The molecule has 4 rings (SSSR count). The number of hydrogen-bond donors (Lipinski definition) is 1. The Hall–Kier alpha value is -3.09. The molecule has 1 saturated carbocycles. The molecule has 2 aromatic carbocycles. The van der Waals surface area contributed by atoms with Crippen molar-refractivity contribution < 1.29 is 23.5 Å². The Kier molecular flexibility index (Phi) is 4.90. The zero-order valence-electron chi connectivity index (χ0n) is 16.5. The zero-order chi connectivity index (χ0) is 20.6. The Morgan fingerprint density at radius 3 is 2.38 bits per heavy atom. The van der Waals surface area contributed by atoms with Crippen LogP contribution in [0.4, 0.5) is 10.1 Å².